The normalized spacial score (nSPS) is 11.4. The quantitative estimate of drug-likeness (QED) is 0.129. The van der Waals surface area contributed by atoms with Gasteiger partial charge in [0.15, 0.2) is 17.5 Å². The van der Waals surface area contributed by atoms with Gasteiger partial charge in [0.2, 0.25) is 0 Å². The molecule has 3 aromatic heterocycles. The number of fused-ring (bicyclic) bond motifs is 6. The van der Waals surface area contributed by atoms with Gasteiger partial charge in [0.05, 0.1) is 39.4 Å². The van der Waals surface area contributed by atoms with Crippen LogP contribution in [0.2, 0.25) is 0 Å². The van der Waals surface area contributed by atoms with E-state index in [-0.39, 0.29) is 0 Å². The van der Waals surface area contributed by atoms with Crippen molar-refractivity contribution in [1.29, 1.82) is 5.26 Å². The maximum atomic E-state index is 10.7. The van der Waals surface area contributed by atoms with Crippen molar-refractivity contribution in [3.63, 3.8) is 0 Å². The smallest absolute Gasteiger partial charge is 0.164 e. The Morgan fingerprint density at radius 3 is 1.02 bits per heavy atom. The van der Waals surface area contributed by atoms with Crippen molar-refractivity contribution in [3.05, 3.63) is 321 Å². The van der Waals surface area contributed by atoms with Crippen LogP contribution in [0.25, 0.3) is 156 Å². The Hall–Kier alpha value is -12.0. The van der Waals surface area contributed by atoms with E-state index in [1.54, 1.807) is 0 Å². The number of aromatic nitrogens is 5. The Labute approximate surface area is 509 Å². The van der Waals surface area contributed by atoms with Gasteiger partial charge in [-0.15, -0.1) is 0 Å². The molecule has 0 atom stereocenters. The molecule has 0 aliphatic rings. The zero-order chi connectivity index (χ0) is 58.5. The third kappa shape index (κ3) is 9.19. The average Bonchev–Trinajstić information content (AvgIpc) is 1.63. The first-order chi connectivity index (χ1) is 43.6. The molecule has 410 valence electrons. The van der Waals surface area contributed by atoms with Crippen LogP contribution in [-0.4, -0.2) is 24.1 Å². The van der Waals surface area contributed by atoms with Gasteiger partial charge in [-0.1, -0.05) is 231 Å². The zero-order valence-electron chi connectivity index (χ0n) is 47.7. The summed E-state index contributed by atoms with van der Waals surface area (Å²) in [6.45, 7) is 0. The molecule has 0 N–H and O–H groups in total. The monoisotopic (exact) mass is 1120 g/mol. The van der Waals surface area contributed by atoms with Crippen LogP contribution in [0.5, 0.6) is 0 Å². The molecule has 0 radical (unpaired) electrons. The van der Waals surface area contributed by atoms with Crippen LogP contribution in [0.1, 0.15) is 5.56 Å². The van der Waals surface area contributed by atoms with Gasteiger partial charge in [0, 0.05) is 49.5 Å². The summed E-state index contributed by atoms with van der Waals surface area (Å²) in [7, 11) is 0. The van der Waals surface area contributed by atoms with E-state index in [0.29, 0.717) is 23.0 Å². The highest BCUT2D eigenvalue weighted by atomic mass is 15.0. The molecule has 0 saturated carbocycles. The van der Waals surface area contributed by atoms with Crippen LogP contribution in [0.3, 0.4) is 0 Å². The van der Waals surface area contributed by atoms with Crippen molar-refractivity contribution in [2.45, 2.75) is 0 Å². The van der Waals surface area contributed by atoms with Crippen molar-refractivity contribution in [3.8, 4) is 118 Å². The Morgan fingerprint density at radius 1 is 0.239 bits per heavy atom. The second-order valence-corrected chi connectivity index (χ2v) is 22.2. The fourth-order valence-electron chi connectivity index (χ4n) is 12.8. The number of hydrogen-bond acceptors (Lipinski definition) is 4. The minimum atomic E-state index is 0.521. The summed E-state index contributed by atoms with van der Waals surface area (Å²) in [5.41, 5.74) is 22.0. The molecule has 16 aromatic rings. The Kier molecular flexibility index (Phi) is 12.8. The molecule has 13 aromatic carbocycles. The molecule has 0 aliphatic carbocycles. The molecule has 0 fully saturated rings. The van der Waals surface area contributed by atoms with Gasteiger partial charge >= 0.3 is 0 Å². The van der Waals surface area contributed by atoms with E-state index in [9.17, 15) is 5.26 Å². The molecular formula is C82H52N6. The molecule has 0 bridgehead atoms. The number of nitrogens with zero attached hydrogens (tertiary/aromatic N) is 6. The lowest BCUT2D eigenvalue weighted by molar-refractivity contribution is 1.07. The van der Waals surface area contributed by atoms with Crippen LogP contribution < -0.4 is 0 Å². The summed E-state index contributed by atoms with van der Waals surface area (Å²) < 4.78 is 4.83. The molecule has 6 nitrogen and oxygen atoms in total. The highest BCUT2D eigenvalue weighted by molar-refractivity contribution is 6.14. The minimum absolute atomic E-state index is 0.521. The van der Waals surface area contributed by atoms with Crippen LogP contribution in [-0.2, 0) is 0 Å². The van der Waals surface area contributed by atoms with Crippen molar-refractivity contribution >= 4 is 43.6 Å². The van der Waals surface area contributed by atoms with E-state index in [1.807, 2.05) is 60.7 Å². The maximum Gasteiger partial charge on any atom is 0.164 e. The maximum absolute atomic E-state index is 10.7. The molecule has 3 heterocycles. The van der Waals surface area contributed by atoms with Crippen molar-refractivity contribution in [2.75, 3.05) is 0 Å². The Balaban J connectivity index is 1.02. The predicted molar refractivity (Wildman–Crippen MR) is 362 cm³/mol. The summed E-state index contributed by atoms with van der Waals surface area (Å²) in [6.07, 6.45) is 0. The number of hydrogen-bond donors (Lipinski definition) is 0. The first kappa shape index (κ1) is 51.6. The van der Waals surface area contributed by atoms with Gasteiger partial charge < -0.3 is 9.13 Å². The molecule has 88 heavy (non-hydrogen) atoms. The van der Waals surface area contributed by atoms with Crippen molar-refractivity contribution in [2.24, 2.45) is 0 Å². The number of benzene rings is 13. The SMILES string of the molecule is N#Cc1ccccc1-c1ccc(-n2c3ccc(-c4ccccc4)cc3c3cc(-c4ccccc4)ccc32)c(-c2cc(-n3c4ccc(-c5ccccc5)cc4c4cc(-c5ccccc5)ccc43)ccc2-c2nc(-c3ccccc3)nc(-c3ccccc3)n2)c1. The first-order valence-corrected chi connectivity index (χ1v) is 29.6. The van der Waals surface area contributed by atoms with E-state index in [2.05, 4.69) is 270 Å². The van der Waals surface area contributed by atoms with E-state index in [4.69, 9.17) is 15.0 Å². The van der Waals surface area contributed by atoms with Crippen LogP contribution in [0.15, 0.2) is 315 Å². The Bertz CT molecular complexity index is 5110. The van der Waals surface area contributed by atoms with E-state index < -0.39 is 0 Å². The molecule has 0 spiro atoms. The van der Waals surface area contributed by atoms with Gasteiger partial charge in [-0.25, -0.2) is 15.0 Å². The third-order valence-electron chi connectivity index (χ3n) is 17.0. The van der Waals surface area contributed by atoms with E-state index >= 15 is 0 Å². The predicted octanol–water partition coefficient (Wildman–Crippen LogP) is 20.9. The molecule has 6 heteroatoms. The third-order valence-corrected chi connectivity index (χ3v) is 17.0. The molecule has 16 rings (SSSR count). The van der Waals surface area contributed by atoms with Crippen LogP contribution in [0.4, 0.5) is 0 Å². The number of nitriles is 1. The molecular weight excluding hydrogens is 1070 g/mol. The van der Waals surface area contributed by atoms with Crippen molar-refractivity contribution in [1.82, 2.24) is 24.1 Å². The van der Waals surface area contributed by atoms with Gasteiger partial charge in [-0.05, 0) is 146 Å². The minimum Gasteiger partial charge on any atom is -0.309 e. The second-order valence-electron chi connectivity index (χ2n) is 22.2. The molecule has 0 saturated heterocycles. The van der Waals surface area contributed by atoms with Gasteiger partial charge in [-0.3, -0.25) is 0 Å². The lowest BCUT2D eigenvalue weighted by Crippen LogP contribution is -2.04. The second kappa shape index (κ2) is 21.9. The molecule has 0 aliphatic heterocycles. The standard InChI is InChI=1S/C82H52N6/c83-53-65-33-19-20-34-67(65)64-39-46-77(88-78-44-37-62(56-25-11-3-12-26-56)49-73(78)74-50-63(38-45-79(74)88)57-27-13-4-14-28-57)70(51-64)69-52-66(40-41-68(69)82-85-80(58-29-15-5-16-30-58)84-81(86-82)59-31-17-6-18-32-59)87-75-42-35-60(54-21-7-1-8-22-54)47-71(75)72-48-61(36-43-76(72)87)55-23-9-2-10-24-55/h1-52H. The summed E-state index contributed by atoms with van der Waals surface area (Å²) in [5.74, 6) is 1.65. The zero-order valence-corrected chi connectivity index (χ0v) is 47.7. The summed E-state index contributed by atoms with van der Waals surface area (Å²) in [4.78, 5) is 16.1. The van der Waals surface area contributed by atoms with Crippen molar-refractivity contribution < 1.29 is 0 Å². The van der Waals surface area contributed by atoms with E-state index in [1.165, 1.54) is 0 Å². The van der Waals surface area contributed by atoms with Crippen LogP contribution >= 0.6 is 0 Å². The summed E-state index contributed by atoms with van der Waals surface area (Å²) in [6, 6.07) is 114. The topological polar surface area (TPSA) is 72.3 Å². The van der Waals surface area contributed by atoms with Gasteiger partial charge in [-0.2, -0.15) is 5.26 Å². The molecule has 0 amide bonds. The fourth-order valence-corrected chi connectivity index (χ4v) is 12.8. The number of rotatable bonds is 11. The van der Waals surface area contributed by atoms with Crippen LogP contribution in [0, 0.1) is 11.3 Å². The first-order valence-electron chi connectivity index (χ1n) is 29.6. The fraction of sp³-hybridized carbons (Fsp3) is 0. The largest absolute Gasteiger partial charge is 0.309 e. The summed E-state index contributed by atoms with van der Waals surface area (Å²) in [5, 5.41) is 15.3. The Morgan fingerprint density at radius 2 is 0.602 bits per heavy atom. The average molecular weight is 1120 g/mol. The highest BCUT2D eigenvalue weighted by Gasteiger charge is 2.25. The lowest BCUT2D eigenvalue weighted by Gasteiger charge is -2.20. The molecule has 0 unspecified atom stereocenters. The highest BCUT2D eigenvalue weighted by Crippen LogP contribution is 2.46. The van der Waals surface area contributed by atoms with E-state index in [0.717, 1.165) is 138 Å². The summed E-state index contributed by atoms with van der Waals surface area (Å²) >= 11 is 0. The van der Waals surface area contributed by atoms with Gasteiger partial charge in [0.25, 0.3) is 0 Å². The lowest BCUT2D eigenvalue weighted by atomic mass is 9.91. The van der Waals surface area contributed by atoms with Gasteiger partial charge in [0.1, 0.15) is 0 Å².